The second-order valence-corrected chi connectivity index (χ2v) is 6.47. The normalized spacial score (nSPS) is 10.5. The average molecular weight is 380 g/mol. The van der Waals surface area contributed by atoms with Crippen molar-refractivity contribution in [2.75, 3.05) is 5.32 Å². The summed E-state index contributed by atoms with van der Waals surface area (Å²) in [7, 11) is 0. The van der Waals surface area contributed by atoms with Crippen molar-refractivity contribution in [2.45, 2.75) is 26.4 Å². The van der Waals surface area contributed by atoms with Gasteiger partial charge in [-0.05, 0) is 48.4 Å². The number of amides is 2. The zero-order valence-electron chi connectivity index (χ0n) is 15.5. The van der Waals surface area contributed by atoms with Gasteiger partial charge in [-0.2, -0.15) is 5.10 Å². The first-order chi connectivity index (χ1) is 13.5. The van der Waals surface area contributed by atoms with Gasteiger partial charge in [0, 0.05) is 37.0 Å². The zero-order valence-corrected chi connectivity index (χ0v) is 15.5. The van der Waals surface area contributed by atoms with E-state index in [0.717, 1.165) is 11.1 Å². The fourth-order valence-electron chi connectivity index (χ4n) is 2.69. The van der Waals surface area contributed by atoms with Crippen LogP contribution in [0.25, 0.3) is 0 Å². The monoisotopic (exact) mass is 380 g/mol. The molecule has 0 saturated heterocycles. The van der Waals surface area contributed by atoms with E-state index in [4.69, 9.17) is 0 Å². The number of carbonyl (C=O) groups is 2. The maximum atomic E-state index is 13.3. The Balaban J connectivity index is 1.51. The summed E-state index contributed by atoms with van der Waals surface area (Å²) in [4.78, 5) is 24.2. The van der Waals surface area contributed by atoms with Crippen LogP contribution in [0.15, 0.2) is 60.9 Å². The van der Waals surface area contributed by atoms with Gasteiger partial charge in [0.15, 0.2) is 0 Å². The predicted octanol–water partition coefficient (Wildman–Crippen LogP) is 3.29. The Bertz CT molecular complexity index is 984. The smallest absolute Gasteiger partial charge is 0.255 e. The molecule has 3 rings (SSSR count). The molecule has 3 aromatic rings. The van der Waals surface area contributed by atoms with Crippen LogP contribution in [0, 0.1) is 12.7 Å². The summed E-state index contributed by atoms with van der Waals surface area (Å²) in [5, 5.41) is 9.73. The highest BCUT2D eigenvalue weighted by Crippen LogP contribution is 2.13. The van der Waals surface area contributed by atoms with Crippen LogP contribution in [0.5, 0.6) is 0 Å². The van der Waals surface area contributed by atoms with Crippen molar-refractivity contribution in [3.05, 3.63) is 83.4 Å². The predicted molar refractivity (Wildman–Crippen MR) is 104 cm³/mol. The minimum absolute atomic E-state index is 0.0812. The van der Waals surface area contributed by atoms with Gasteiger partial charge in [-0.1, -0.05) is 18.2 Å². The van der Waals surface area contributed by atoms with E-state index in [2.05, 4.69) is 15.7 Å². The van der Waals surface area contributed by atoms with E-state index in [1.807, 2.05) is 19.2 Å². The van der Waals surface area contributed by atoms with Crippen molar-refractivity contribution < 1.29 is 14.0 Å². The molecule has 2 aromatic carbocycles. The molecular weight excluding hydrogens is 359 g/mol. The number of rotatable bonds is 7. The molecule has 1 heterocycles. The Kier molecular flexibility index (Phi) is 6.16. The number of hydrogen-bond acceptors (Lipinski definition) is 3. The molecule has 0 bridgehead atoms. The summed E-state index contributed by atoms with van der Waals surface area (Å²) < 4.78 is 15.0. The van der Waals surface area contributed by atoms with Crippen molar-refractivity contribution in [2.24, 2.45) is 0 Å². The maximum Gasteiger partial charge on any atom is 0.255 e. The van der Waals surface area contributed by atoms with Crippen molar-refractivity contribution in [3.8, 4) is 0 Å². The van der Waals surface area contributed by atoms with Crippen molar-refractivity contribution >= 4 is 17.5 Å². The highest BCUT2D eigenvalue weighted by atomic mass is 19.1. The number of aryl methyl sites for hydroxylation is 2. The van der Waals surface area contributed by atoms with Gasteiger partial charge in [-0.3, -0.25) is 14.3 Å². The van der Waals surface area contributed by atoms with Gasteiger partial charge in [0.25, 0.3) is 5.91 Å². The number of benzene rings is 2. The lowest BCUT2D eigenvalue weighted by atomic mass is 10.1. The van der Waals surface area contributed by atoms with Crippen LogP contribution in [-0.2, 0) is 17.9 Å². The van der Waals surface area contributed by atoms with E-state index >= 15 is 0 Å². The van der Waals surface area contributed by atoms with Gasteiger partial charge in [0.05, 0.1) is 6.20 Å². The molecule has 0 fully saturated rings. The van der Waals surface area contributed by atoms with Crippen molar-refractivity contribution in [3.63, 3.8) is 0 Å². The van der Waals surface area contributed by atoms with Crippen LogP contribution in [-0.4, -0.2) is 21.6 Å². The summed E-state index contributed by atoms with van der Waals surface area (Å²) in [6.45, 7) is 2.81. The number of nitrogens with one attached hydrogen (secondary N) is 2. The zero-order chi connectivity index (χ0) is 19.9. The van der Waals surface area contributed by atoms with Gasteiger partial charge in [0.1, 0.15) is 5.82 Å². The van der Waals surface area contributed by atoms with Gasteiger partial charge in [0.2, 0.25) is 5.91 Å². The first-order valence-electron chi connectivity index (χ1n) is 8.91. The second-order valence-electron chi connectivity index (χ2n) is 6.47. The average Bonchev–Trinajstić information content (AvgIpc) is 3.10. The van der Waals surface area contributed by atoms with Crippen LogP contribution in [0.1, 0.15) is 27.9 Å². The largest absolute Gasteiger partial charge is 0.352 e. The highest BCUT2D eigenvalue weighted by molar-refractivity contribution is 6.04. The first kappa shape index (κ1) is 19.3. The molecular formula is C21H21FN4O2. The topological polar surface area (TPSA) is 76.0 Å². The Morgan fingerprint density at radius 1 is 1.14 bits per heavy atom. The lowest BCUT2D eigenvalue weighted by Gasteiger charge is -2.09. The third kappa shape index (κ3) is 5.51. The Labute approximate surface area is 162 Å². The van der Waals surface area contributed by atoms with Crippen LogP contribution in [0.2, 0.25) is 0 Å². The summed E-state index contributed by atoms with van der Waals surface area (Å²) >= 11 is 0. The van der Waals surface area contributed by atoms with E-state index in [9.17, 15) is 14.0 Å². The molecule has 28 heavy (non-hydrogen) atoms. The molecule has 0 aliphatic heterocycles. The SMILES string of the molecule is Cc1cnn(CCC(=O)NCc2cccc(NC(=O)c3cccc(F)c3)c2)c1. The minimum atomic E-state index is -0.464. The molecule has 0 unspecified atom stereocenters. The Morgan fingerprint density at radius 2 is 1.96 bits per heavy atom. The van der Waals surface area contributed by atoms with Crippen LogP contribution >= 0.6 is 0 Å². The second kappa shape index (κ2) is 8.94. The molecule has 7 heteroatoms. The van der Waals surface area contributed by atoms with E-state index in [1.165, 1.54) is 18.2 Å². The molecule has 0 radical (unpaired) electrons. The van der Waals surface area contributed by atoms with E-state index in [-0.39, 0.29) is 11.5 Å². The molecule has 0 spiro atoms. The molecule has 0 saturated carbocycles. The maximum absolute atomic E-state index is 13.3. The number of hydrogen-bond donors (Lipinski definition) is 2. The Hall–Kier alpha value is -3.48. The minimum Gasteiger partial charge on any atom is -0.352 e. The number of aromatic nitrogens is 2. The van der Waals surface area contributed by atoms with Gasteiger partial charge < -0.3 is 10.6 Å². The van der Waals surface area contributed by atoms with Crippen LogP contribution < -0.4 is 10.6 Å². The third-order valence-corrected chi connectivity index (χ3v) is 4.09. The van der Waals surface area contributed by atoms with Crippen molar-refractivity contribution in [1.29, 1.82) is 0 Å². The summed E-state index contributed by atoms with van der Waals surface area (Å²) in [6.07, 6.45) is 3.97. The number of anilines is 1. The summed E-state index contributed by atoms with van der Waals surface area (Å²) in [6, 6.07) is 12.7. The lowest BCUT2D eigenvalue weighted by Crippen LogP contribution is -2.24. The Morgan fingerprint density at radius 3 is 2.71 bits per heavy atom. The molecule has 1 aromatic heterocycles. The molecule has 0 aliphatic rings. The fraction of sp³-hybridized carbons (Fsp3) is 0.190. The lowest BCUT2D eigenvalue weighted by molar-refractivity contribution is -0.121. The van der Waals surface area contributed by atoms with Gasteiger partial charge in [-0.15, -0.1) is 0 Å². The molecule has 2 amide bonds. The molecule has 0 aliphatic carbocycles. The fourth-order valence-corrected chi connectivity index (χ4v) is 2.69. The van der Waals surface area contributed by atoms with Gasteiger partial charge >= 0.3 is 0 Å². The van der Waals surface area contributed by atoms with Crippen molar-refractivity contribution in [1.82, 2.24) is 15.1 Å². The highest BCUT2D eigenvalue weighted by Gasteiger charge is 2.08. The van der Waals surface area contributed by atoms with Gasteiger partial charge in [-0.25, -0.2) is 4.39 Å². The molecule has 6 nitrogen and oxygen atoms in total. The first-order valence-corrected chi connectivity index (χ1v) is 8.91. The van der Waals surface area contributed by atoms with E-state index in [1.54, 1.807) is 35.1 Å². The molecule has 0 atom stereocenters. The summed E-state index contributed by atoms with van der Waals surface area (Å²) in [5.74, 6) is -0.938. The number of carbonyl (C=O) groups excluding carboxylic acids is 2. The third-order valence-electron chi connectivity index (χ3n) is 4.09. The number of nitrogens with zero attached hydrogens (tertiary/aromatic N) is 2. The van der Waals surface area contributed by atoms with E-state index in [0.29, 0.717) is 25.2 Å². The quantitative estimate of drug-likeness (QED) is 0.660. The summed E-state index contributed by atoms with van der Waals surface area (Å²) in [5.41, 5.74) is 2.72. The molecule has 2 N–H and O–H groups in total. The van der Waals surface area contributed by atoms with E-state index < -0.39 is 11.7 Å². The van der Waals surface area contributed by atoms with Crippen LogP contribution in [0.3, 0.4) is 0 Å². The van der Waals surface area contributed by atoms with Crippen LogP contribution in [0.4, 0.5) is 10.1 Å². The number of halogens is 1. The standard InChI is InChI=1S/C21H21FN4O2/c1-15-12-24-26(14-15)9-8-20(27)23-13-16-4-2-7-19(10-16)25-21(28)17-5-3-6-18(22)11-17/h2-7,10-12,14H,8-9,13H2,1H3,(H,23,27)(H,25,28). The molecule has 144 valence electrons.